The van der Waals surface area contributed by atoms with Crippen LogP contribution in [0.15, 0.2) is 12.7 Å². The lowest BCUT2D eigenvalue weighted by Gasteiger charge is -2.57. The Balaban J connectivity index is 1.34. The molecule has 2 aliphatic carbocycles. The number of aliphatic hydroxyl groups excluding tert-OH is 1. The molecule has 0 aromatic carbocycles. The molecule has 33 heavy (non-hydrogen) atoms. The van der Waals surface area contributed by atoms with Gasteiger partial charge in [0, 0.05) is 49.9 Å². The first-order chi connectivity index (χ1) is 15.8. The zero-order valence-electron chi connectivity index (χ0n) is 20.6. The van der Waals surface area contributed by atoms with Crippen LogP contribution < -0.4 is 16.0 Å². The van der Waals surface area contributed by atoms with Gasteiger partial charge in [0.05, 0.1) is 19.3 Å². The van der Waals surface area contributed by atoms with Crippen molar-refractivity contribution in [1.29, 1.82) is 0 Å². The third kappa shape index (κ3) is 5.46. The van der Waals surface area contributed by atoms with E-state index in [0.717, 1.165) is 58.7 Å². The molecular formula is C25H44N4O3S. The Morgan fingerprint density at radius 2 is 2.18 bits per heavy atom. The van der Waals surface area contributed by atoms with Gasteiger partial charge in [-0.25, -0.2) is 0 Å². The molecule has 4 fully saturated rings. The minimum Gasteiger partial charge on any atom is -0.392 e. The number of fused-ring (bicyclic) bond motifs is 2. The Hall–Kier alpha value is -0.640. The summed E-state index contributed by atoms with van der Waals surface area (Å²) in [7, 11) is 0. The van der Waals surface area contributed by atoms with E-state index in [9.17, 15) is 9.90 Å². The number of ether oxygens (including phenoxy) is 1. The van der Waals surface area contributed by atoms with Crippen LogP contribution in [-0.4, -0.2) is 84.7 Å². The molecule has 8 heteroatoms. The molecule has 0 aromatic rings. The van der Waals surface area contributed by atoms with Gasteiger partial charge in [0.1, 0.15) is 5.50 Å². The second-order valence-corrected chi connectivity index (χ2v) is 12.3. The minimum absolute atomic E-state index is 0.0224. The van der Waals surface area contributed by atoms with Crippen LogP contribution >= 0.6 is 11.8 Å². The number of hydrogen-bond acceptors (Lipinski definition) is 7. The van der Waals surface area contributed by atoms with Crippen LogP contribution in [0.2, 0.25) is 0 Å². The first kappa shape index (κ1) is 25.5. The molecule has 4 rings (SSSR count). The summed E-state index contributed by atoms with van der Waals surface area (Å²) in [5, 5.41) is 22.6. The highest BCUT2D eigenvalue weighted by atomic mass is 32.2. The molecule has 0 bridgehead atoms. The fourth-order valence-electron chi connectivity index (χ4n) is 6.99. The summed E-state index contributed by atoms with van der Waals surface area (Å²) in [6, 6.07) is 0.390. The predicted molar refractivity (Wildman–Crippen MR) is 134 cm³/mol. The van der Waals surface area contributed by atoms with E-state index in [2.05, 4.69) is 41.3 Å². The van der Waals surface area contributed by atoms with Crippen molar-refractivity contribution in [3.05, 3.63) is 12.7 Å². The third-order valence-corrected chi connectivity index (χ3v) is 10.2. The maximum Gasteiger partial charge on any atom is 0.223 e. The Bertz CT molecular complexity index is 691. The lowest BCUT2D eigenvalue weighted by Crippen LogP contribution is -2.60. The van der Waals surface area contributed by atoms with Crippen molar-refractivity contribution in [2.45, 2.75) is 62.9 Å². The SMILES string of the molecule is C=CCNC1NC2C(C[C@@]3(C)CC[C@@H]([C@H](C)C(=O)NCCN4CCOCC4)[C@H](O)[C@H]3[C@H]2C)S1. The Labute approximate surface area is 203 Å². The molecular weight excluding hydrogens is 436 g/mol. The van der Waals surface area contributed by atoms with Crippen LogP contribution in [0.5, 0.6) is 0 Å². The number of morpholine rings is 1. The van der Waals surface area contributed by atoms with E-state index in [0.29, 0.717) is 23.8 Å². The summed E-state index contributed by atoms with van der Waals surface area (Å²) < 4.78 is 5.40. The highest BCUT2D eigenvalue weighted by Gasteiger charge is 2.58. The molecule has 4 aliphatic rings. The molecule has 0 aromatic heterocycles. The van der Waals surface area contributed by atoms with Gasteiger partial charge in [-0.1, -0.05) is 26.8 Å². The highest BCUT2D eigenvalue weighted by molar-refractivity contribution is 8.00. The van der Waals surface area contributed by atoms with Crippen molar-refractivity contribution in [2.24, 2.45) is 29.1 Å². The van der Waals surface area contributed by atoms with Gasteiger partial charge in [-0.2, -0.15) is 0 Å². The van der Waals surface area contributed by atoms with Gasteiger partial charge in [0.2, 0.25) is 5.91 Å². The molecule has 4 N–H and O–H groups in total. The van der Waals surface area contributed by atoms with Gasteiger partial charge in [-0.05, 0) is 42.4 Å². The Morgan fingerprint density at radius 1 is 1.42 bits per heavy atom. The van der Waals surface area contributed by atoms with E-state index in [1.807, 2.05) is 24.8 Å². The maximum atomic E-state index is 13.0. The average molecular weight is 481 g/mol. The van der Waals surface area contributed by atoms with Crippen LogP contribution in [0.3, 0.4) is 0 Å². The van der Waals surface area contributed by atoms with E-state index in [1.165, 1.54) is 0 Å². The molecule has 3 unspecified atom stereocenters. The van der Waals surface area contributed by atoms with Crippen LogP contribution in [0.1, 0.15) is 40.0 Å². The number of hydrogen-bond donors (Lipinski definition) is 4. The van der Waals surface area contributed by atoms with Gasteiger partial charge in [-0.3, -0.25) is 20.3 Å². The normalized spacial score (nSPS) is 42.2. The van der Waals surface area contributed by atoms with Crippen molar-refractivity contribution in [1.82, 2.24) is 20.9 Å². The van der Waals surface area contributed by atoms with E-state index < -0.39 is 6.10 Å². The van der Waals surface area contributed by atoms with E-state index in [4.69, 9.17) is 4.74 Å². The number of nitrogens with one attached hydrogen (secondary N) is 3. The van der Waals surface area contributed by atoms with Crippen LogP contribution in [-0.2, 0) is 9.53 Å². The summed E-state index contributed by atoms with van der Waals surface area (Å²) in [5.41, 5.74) is 0.374. The van der Waals surface area contributed by atoms with Crippen LogP contribution in [0.4, 0.5) is 0 Å². The van der Waals surface area contributed by atoms with Gasteiger partial charge in [0.25, 0.3) is 0 Å². The Kier molecular flexibility index (Phi) is 8.45. The van der Waals surface area contributed by atoms with E-state index in [1.54, 1.807) is 0 Å². The zero-order chi connectivity index (χ0) is 23.6. The number of amides is 1. The molecule has 9 atom stereocenters. The second-order valence-electron chi connectivity index (χ2n) is 10.9. The van der Waals surface area contributed by atoms with Crippen molar-refractivity contribution >= 4 is 17.7 Å². The first-order valence-electron chi connectivity index (χ1n) is 12.9. The van der Waals surface area contributed by atoms with Crippen LogP contribution in [0.25, 0.3) is 0 Å². The molecule has 1 amide bonds. The number of nitrogens with zero attached hydrogens (tertiary/aromatic N) is 1. The number of aliphatic hydroxyl groups is 1. The fourth-order valence-corrected chi connectivity index (χ4v) is 8.74. The molecule has 7 nitrogen and oxygen atoms in total. The summed E-state index contributed by atoms with van der Waals surface area (Å²) >= 11 is 2.00. The zero-order valence-corrected chi connectivity index (χ0v) is 21.4. The number of thioether (sulfide) groups is 1. The molecule has 2 saturated heterocycles. The Morgan fingerprint density at radius 3 is 2.91 bits per heavy atom. The van der Waals surface area contributed by atoms with E-state index >= 15 is 0 Å². The molecule has 2 saturated carbocycles. The molecule has 2 aliphatic heterocycles. The second kappa shape index (κ2) is 11.0. The maximum absolute atomic E-state index is 13.0. The molecule has 0 spiro atoms. The standard InChI is InChI=1S/C25H44N4O3S/c1-5-8-27-24-28-21-17(3)20-22(30)18(6-7-25(20,4)15-19(21)33-24)16(2)23(31)26-9-10-29-11-13-32-14-12-29/h5,16-22,24,27-28,30H,1,6-15H2,2-4H3,(H,26,31)/t16-,17+,18-,19?,20+,21?,22-,24?,25+/m0/s1. The predicted octanol–water partition coefficient (Wildman–Crippen LogP) is 1.64. The minimum atomic E-state index is -0.438. The quantitative estimate of drug-likeness (QED) is 0.393. The van der Waals surface area contributed by atoms with Crippen LogP contribution in [0, 0.1) is 29.1 Å². The number of carbonyl (C=O) groups excluding carboxylic acids is 1. The number of rotatable bonds is 8. The van der Waals surface area contributed by atoms with Gasteiger partial charge < -0.3 is 15.2 Å². The summed E-state index contributed by atoms with van der Waals surface area (Å²) in [4.78, 5) is 15.3. The van der Waals surface area contributed by atoms with Crippen molar-refractivity contribution in [3.63, 3.8) is 0 Å². The van der Waals surface area contributed by atoms with Crippen molar-refractivity contribution in [2.75, 3.05) is 45.9 Å². The van der Waals surface area contributed by atoms with Gasteiger partial charge >= 0.3 is 0 Å². The highest BCUT2D eigenvalue weighted by Crippen LogP contribution is 2.58. The molecule has 188 valence electrons. The smallest absolute Gasteiger partial charge is 0.223 e. The average Bonchev–Trinajstić information content (AvgIpc) is 3.20. The van der Waals surface area contributed by atoms with Gasteiger partial charge in [0.15, 0.2) is 0 Å². The third-order valence-electron chi connectivity index (χ3n) is 8.85. The van der Waals surface area contributed by atoms with Crippen molar-refractivity contribution < 1.29 is 14.6 Å². The lowest BCUT2D eigenvalue weighted by molar-refractivity contribution is -0.141. The lowest BCUT2D eigenvalue weighted by atomic mass is 9.51. The van der Waals surface area contributed by atoms with E-state index in [-0.39, 0.29) is 34.6 Å². The monoisotopic (exact) mass is 480 g/mol. The molecule has 2 heterocycles. The largest absolute Gasteiger partial charge is 0.392 e. The summed E-state index contributed by atoms with van der Waals surface area (Å²) in [6.45, 7) is 16.2. The molecule has 0 radical (unpaired) electrons. The van der Waals surface area contributed by atoms with Gasteiger partial charge in [-0.15, -0.1) is 18.3 Å². The fraction of sp³-hybridized carbons (Fsp3) is 0.880. The topological polar surface area (TPSA) is 85.9 Å². The van der Waals surface area contributed by atoms with Crippen molar-refractivity contribution in [3.8, 4) is 0 Å². The summed E-state index contributed by atoms with van der Waals surface area (Å²) in [5.74, 6) is 0.514. The first-order valence-corrected chi connectivity index (χ1v) is 13.8. The number of carbonyl (C=O) groups is 1. The summed E-state index contributed by atoms with van der Waals surface area (Å²) in [6.07, 6.45) is 4.60.